The summed E-state index contributed by atoms with van der Waals surface area (Å²) >= 11 is 0. The molecule has 1 saturated heterocycles. The molecule has 0 spiro atoms. The Balaban J connectivity index is 1.59. The van der Waals surface area contributed by atoms with Crippen molar-refractivity contribution in [2.24, 2.45) is 10.9 Å². The van der Waals surface area contributed by atoms with E-state index in [-0.39, 0.29) is 12.6 Å². The van der Waals surface area contributed by atoms with Crippen molar-refractivity contribution in [2.45, 2.75) is 58.0 Å². The molecule has 4 heteroatoms. The van der Waals surface area contributed by atoms with Crippen LogP contribution in [0.2, 0.25) is 0 Å². The highest BCUT2D eigenvalue weighted by molar-refractivity contribution is 5.96. The molecule has 3 rings (SSSR count). The van der Waals surface area contributed by atoms with Gasteiger partial charge in [-0.3, -0.25) is 4.79 Å². The van der Waals surface area contributed by atoms with Crippen LogP contribution in [0.25, 0.3) is 0 Å². The van der Waals surface area contributed by atoms with Gasteiger partial charge in [-0.15, -0.1) is 0 Å². The zero-order valence-electron chi connectivity index (χ0n) is 13.9. The topological polar surface area (TPSA) is 52.9 Å². The molecule has 4 nitrogen and oxygen atoms in total. The number of benzene rings is 1. The van der Waals surface area contributed by atoms with Crippen LogP contribution < -0.4 is 0 Å². The Morgan fingerprint density at radius 3 is 3.04 bits per heavy atom. The lowest BCUT2D eigenvalue weighted by molar-refractivity contribution is -0.123. The van der Waals surface area contributed by atoms with Gasteiger partial charge in [0.25, 0.3) is 0 Å². The fourth-order valence-corrected chi connectivity index (χ4v) is 3.63. The van der Waals surface area contributed by atoms with E-state index in [0.717, 1.165) is 50.2 Å². The third-order valence-electron chi connectivity index (χ3n) is 5.17. The molecule has 0 aromatic heterocycles. The third-order valence-corrected chi connectivity index (χ3v) is 5.17. The van der Waals surface area contributed by atoms with Crippen LogP contribution in [0.5, 0.6) is 0 Å². The fourth-order valence-electron chi connectivity index (χ4n) is 3.63. The van der Waals surface area contributed by atoms with Crippen LogP contribution in [0.15, 0.2) is 29.3 Å². The molecular weight excluding hydrogens is 288 g/mol. The zero-order chi connectivity index (χ0) is 16.2. The number of hydrogen-bond acceptors (Lipinski definition) is 4. The summed E-state index contributed by atoms with van der Waals surface area (Å²) in [6.07, 6.45) is 5.21. The average Bonchev–Trinajstić information content (AvgIpc) is 2.99. The van der Waals surface area contributed by atoms with Crippen LogP contribution >= 0.6 is 0 Å². The molecule has 2 atom stereocenters. The van der Waals surface area contributed by atoms with Crippen molar-refractivity contribution < 1.29 is 9.90 Å². The van der Waals surface area contributed by atoms with E-state index in [0.29, 0.717) is 18.1 Å². The van der Waals surface area contributed by atoms with Crippen LogP contribution in [0.3, 0.4) is 0 Å². The Bertz CT molecular complexity index is 593. The Morgan fingerprint density at radius 2 is 2.26 bits per heavy atom. The summed E-state index contributed by atoms with van der Waals surface area (Å²) < 4.78 is 0. The maximum absolute atomic E-state index is 12.6. The molecule has 0 aliphatic carbocycles. The summed E-state index contributed by atoms with van der Waals surface area (Å²) in [7, 11) is 0. The summed E-state index contributed by atoms with van der Waals surface area (Å²) in [5, 5.41) is 9.24. The summed E-state index contributed by atoms with van der Waals surface area (Å²) in [6, 6.07) is 8.20. The molecule has 2 heterocycles. The average molecular weight is 314 g/mol. The summed E-state index contributed by atoms with van der Waals surface area (Å²) in [4.78, 5) is 19.5. The van der Waals surface area contributed by atoms with Gasteiger partial charge < -0.3 is 10.0 Å². The summed E-state index contributed by atoms with van der Waals surface area (Å²) in [6.45, 7) is 3.13. The largest absolute Gasteiger partial charge is 0.396 e. The van der Waals surface area contributed by atoms with Crippen LogP contribution in [-0.2, 0) is 11.3 Å². The van der Waals surface area contributed by atoms with Crippen molar-refractivity contribution in [1.29, 1.82) is 0 Å². The van der Waals surface area contributed by atoms with Crippen molar-refractivity contribution in [3.8, 4) is 0 Å². The maximum Gasteiger partial charge on any atom is 0.155 e. The number of hydrogen-bond donors (Lipinski definition) is 1. The predicted molar refractivity (Wildman–Crippen MR) is 91.8 cm³/mol. The Morgan fingerprint density at radius 1 is 1.43 bits per heavy atom. The minimum Gasteiger partial charge on any atom is -0.396 e. The third kappa shape index (κ3) is 3.47. The minimum absolute atomic E-state index is 0.00342. The van der Waals surface area contributed by atoms with Gasteiger partial charge in [0.1, 0.15) is 5.84 Å². The smallest absolute Gasteiger partial charge is 0.155 e. The standard InChI is InChI=1S/C19H26N2O2/c1-2-14(13-22)6-5-9-18(23)17-10-11-19-20-16-8-4-3-7-15(16)12-21(17)19/h3-4,7-8,14,17,22H,2,5-6,9-13H2,1H3/t14-,17-/m0/s1. The SMILES string of the molecule is CC[C@H](CO)CCCC(=O)[C@@H]1CCC2=Nc3ccccc3CN21. The van der Waals surface area contributed by atoms with Crippen LogP contribution in [-0.4, -0.2) is 34.3 Å². The number of rotatable bonds is 7. The molecular formula is C19H26N2O2. The van der Waals surface area contributed by atoms with Crippen molar-refractivity contribution in [2.75, 3.05) is 6.61 Å². The molecule has 0 unspecified atom stereocenters. The monoisotopic (exact) mass is 314 g/mol. The van der Waals surface area contributed by atoms with E-state index in [1.807, 2.05) is 12.1 Å². The summed E-state index contributed by atoms with van der Waals surface area (Å²) in [5.74, 6) is 1.75. The number of aliphatic imine (C=N–C) groups is 1. The second-order valence-electron chi connectivity index (χ2n) is 6.65. The van der Waals surface area contributed by atoms with E-state index in [4.69, 9.17) is 4.99 Å². The lowest BCUT2D eigenvalue weighted by Gasteiger charge is -2.30. The first-order chi connectivity index (χ1) is 11.2. The van der Waals surface area contributed by atoms with Gasteiger partial charge in [-0.2, -0.15) is 0 Å². The van der Waals surface area contributed by atoms with Gasteiger partial charge in [0.15, 0.2) is 5.78 Å². The Labute approximate surface area is 138 Å². The molecule has 0 amide bonds. The molecule has 1 aromatic carbocycles. The highest BCUT2D eigenvalue weighted by Crippen LogP contribution is 2.33. The van der Waals surface area contributed by atoms with E-state index in [2.05, 4.69) is 24.0 Å². The molecule has 124 valence electrons. The zero-order valence-corrected chi connectivity index (χ0v) is 13.9. The van der Waals surface area contributed by atoms with Crippen molar-refractivity contribution in [3.63, 3.8) is 0 Å². The van der Waals surface area contributed by atoms with Crippen LogP contribution in [0.1, 0.15) is 51.0 Å². The van der Waals surface area contributed by atoms with E-state index < -0.39 is 0 Å². The molecule has 0 saturated carbocycles. The molecule has 0 bridgehead atoms. The van der Waals surface area contributed by atoms with E-state index in [9.17, 15) is 9.90 Å². The lowest BCUT2D eigenvalue weighted by atomic mass is 9.97. The Kier molecular flexibility index (Phi) is 5.11. The van der Waals surface area contributed by atoms with E-state index in [1.165, 1.54) is 5.56 Å². The van der Waals surface area contributed by atoms with Crippen LogP contribution in [0.4, 0.5) is 5.69 Å². The number of carbonyl (C=O) groups is 1. The van der Waals surface area contributed by atoms with Crippen molar-refractivity contribution >= 4 is 17.3 Å². The number of carbonyl (C=O) groups excluding carboxylic acids is 1. The lowest BCUT2D eigenvalue weighted by Crippen LogP contribution is -2.39. The highest BCUT2D eigenvalue weighted by Gasteiger charge is 2.36. The molecule has 0 radical (unpaired) electrons. The van der Waals surface area contributed by atoms with E-state index >= 15 is 0 Å². The molecule has 2 aliphatic rings. The van der Waals surface area contributed by atoms with Gasteiger partial charge in [0.2, 0.25) is 0 Å². The quantitative estimate of drug-likeness (QED) is 0.838. The number of aliphatic hydroxyl groups excluding tert-OH is 1. The Hall–Kier alpha value is -1.68. The first-order valence-electron chi connectivity index (χ1n) is 8.78. The molecule has 1 aromatic rings. The molecule has 1 N–H and O–H groups in total. The van der Waals surface area contributed by atoms with Crippen molar-refractivity contribution in [1.82, 2.24) is 4.90 Å². The van der Waals surface area contributed by atoms with Gasteiger partial charge in [-0.1, -0.05) is 31.5 Å². The van der Waals surface area contributed by atoms with Crippen molar-refractivity contribution in [3.05, 3.63) is 29.8 Å². The number of fused-ring (bicyclic) bond motifs is 2. The number of ketones is 1. The normalized spacial score (nSPS) is 20.7. The molecule has 1 fully saturated rings. The number of amidine groups is 1. The number of para-hydroxylation sites is 1. The summed E-state index contributed by atoms with van der Waals surface area (Å²) in [5.41, 5.74) is 2.27. The number of nitrogens with zero attached hydrogens (tertiary/aromatic N) is 2. The highest BCUT2D eigenvalue weighted by atomic mass is 16.3. The van der Waals surface area contributed by atoms with Gasteiger partial charge >= 0.3 is 0 Å². The fraction of sp³-hybridized carbons (Fsp3) is 0.579. The van der Waals surface area contributed by atoms with E-state index in [1.54, 1.807) is 0 Å². The van der Waals surface area contributed by atoms with Gasteiger partial charge in [-0.05, 0) is 36.8 Å². The second kappa shape index (κ2) is 7.26. The number of Topliss-reactive ketones (excluding diaryl/α,β-unsaturated/α-hetero) is 1. The number of aliphatic hydroxyl groups is 1. The van der Waals surface area contributed by atoms with Crippen LogP contribution in [0, 0.1) is 5.92 Å². The first-order valence-corrected chi connectivity index (χ1v) is 8.78. The van der Waals surface area contributed by atoms with Gasteiger partial charge in [-0.25, -0.2) is 4.99 Å². The molecule has 23 heavy (non-hydrogen) atoms. The predicted octanol–water partition coefficient (Wildman–Crippen LogP) is 3.45. The van der Waals surface area contributed by atoms with Gasteiger partial charge in [0.05, 0.1) is 11.7 Å². The molecule has 2 aliphatic heterocycles. The van der Waals surface area contributed by atoms with Gasteiger partial charge in [0, 0.05) is 26.0 Å². The second-order valence-corrected chi connectivity index (χ2v) is 6.65. The minimum atomic E-state index is -0.00342. The maximum atomic E-state index is 12.6. The first kappa shape index (κ1) is 16.2.